The van der Waals surface area contributed by atoms with E-state index >= 15 is 0 Å². The Hall–Kier alpha value is -5.15. The predicted molar refractivity (Wildman–Crippen MR) is 179 cm³/mol. The zero-order valence-corrected chi connectivity index (χ0v) is 28.0. The lowest BCUT2D eigenvalue weighted by atomic mass is 9.91. The second-order valence-electron chi connectivity index (χ2n) is 12.3. The molecule has 2 aromatic heterocycles. The van der Waals surface area contributed by atoms with Gasteiger partial charge in [-0.3, -0.25) is 4.90 Å². The van der Waals surface area contributed by atoms with Crippen molar-refractivity contribution in [1.29, 1.82) is 0 Å². The second-order valence-corrected chi connectivity index (χ2v) is 12.3. The minimum absolute atomic E-state index is 0.400. The first kappa shape index (κ1) is 39.3. The van der Waals surface area contributed by atoms with Crippen molar-refractivity contribution in [2.75, 3.05) is 33.8 Å². The number of carboxylic acids is 4. The normalized spacial score (nSPS) is 15.0. The highest BCUT2D eigenvalue weighted by Crippen LogP contribution is 2.35. The molecule has 1 aromatic carbocycles. The fraction of sp³-hybridized carbons (Fsp3) is 0.429. The number of hydrogen-bond acceptors (Lipinski definition) is 10. The molecule has 4 N–H and O–H groups in total. The number of rotatable bonds is 14. The summed E-state index contributed by atoms with van der Waals surface area (Å²) in [5.41, 5.74) is 3.83. The van der Waals surface area contributed by atoms with Crippen molar-refractivity contribution in [3.63, 3.8) is 0 Å². The van der Waals surface area contributed by atoms with E-state index in [0.29, 0.717) is 36.1 Å². The molecule has 2 fully saturated rings. The third-order valence-electron chi connectivity index (χ3n) is 7.81. The lowest BCUT2D eigenvalue weighted by Gasteiger charge is -2.31. The molecule has 1 saturated heterocycles. The maximum absolute atomic E-state index is 13.4. The van der Waals surface area contributed by atoms with E-state index in [1.54, 1.807) is 6.07 Å². The van der Waals surface area contributed by atoms with Crippen molar-refractivity contribution in [3.05, 3.63) is 77.5 Å². The number of aromatic nitrogens is 2. The van der Waals surface area contributed by atoms with Crippen LogP contribution in [0.1, 0.15) is 49.1 Å². The van der Waals surface area contributed by atoms with Gasteiger partial charge in [0, 0.05) is 42.8 Å². The maximum atomic E-state index is 13.4. The molecular formula is C35H43FN4O10. The Bertz CT molecular complexity index is 1590. The standard InChI is InChI=1S/C27H35FN4O2.2C4H4O4/c1-31(2)17-23-25(33-18-20-6-7-20)11-9-22-24(30-34-27(22)23)10-8-19-12-14-32(15-13-19)16-21-4-3-5-26(28)29-21;2*5-3(6)1-2-4(7)8/h3-5,9,11,19-20H,6-8,10,12-18H2,1-2H3;2*1-2H,(H,5,6)(H,7,8). The summed E-state index contributed by atoms with van der Waals surface area (Å²) in [6.45, 7) is 4.33. The second kappa shape index (κ2) is 19.7. The van der Waals surface area contributed by atoms with Crippen LogP contribution in [0, 0.1) is 17.8 Å². The average Bonchev–Trinajstić information content (AvgIpc) is 3.80. The number of benzene rings is 1. The van der Waals surface area contributed by atoms with Crippen LogP contribution in [0.5, 0.6) is 5.75 Å². The molecule has 0 atom stereocenters. The van der Waals surface area contributed by atoms with Gasteiger partial charge in [-0.2, -0.15) is 4.39 Å². The van der Waals surface area contributed by atoms with Crippen molar-refractivity contribution >= 4 is 34.8 Å². The molecule has 1 aliphatic carbocycles. The molecule has 2 aliphatic rings. The van der Waals surface area contributed by atoms with E-state index in [1.807, 2.05) is 6.07 Å². The molecule has 15 heteroatoms. The van der Waals surface area contributed by atoms with Gasteiger partial charge in [0.05, 0.1) is 23.6 Å². The Labute approximate surface area is 288 Å². The van der Waals surface area contributed by atoms with Gasteiger partial charge in [-0.15, -0.1) is 0 Å². The van der Waals surface area contributed by atoms with Crippen LogP contribution in [0.2, 0.25) is 0 Å². The van der Waals surface area contributed by atoms with Crippen LogP contribution in [0.3, 0.4) is 0 Å². The molecule has 0 unspecified atom stereocenters. The highest BCUT2D eigenvalue weighted by Gasteiger charge is 2.25. The van der Waals surface area contributed by atoms with Gasteiger partial charge < -0.3 is 34.6 Å². The first-order valence-electron chi connectivity index (χ1n) is 16.1. The quantitative estimate of drug-likeness (QED) is 0.135. The van der Waals surface area contributed by atoms with Gasteiger partial charge in [0.2, 0.25) is 5.95 Å². The van der Waals surface area contributed by atoms with Crippen LogP contribution >= 0.6 is 0 Å². The van der Waals surface area contributed by atoms with Crippen LogP contribution < -0.4 is 4.74 Å². The minimum Gasteiger partial charge on any atom is -0.493 e. The number of carboxylic acid groups (broad SMARTS) is 4. The number of piperidine rings is 1. The molecule has 0 amide bonds. The molecule has 0 spiro atoms. The number of halogens is 1. The minimum atomic E-state index is -1.26. The monoisotopic (exact) mass is 698 g/mol. The van der Waals surface area contributed by atoms with Crippen molar-refractivity contribution < 1.29 is 53.3 Å². The zero-order valence-electron chi connectivity index (χ0n) is 28.0. The highest BCUT2D eigenvalue weighted by atomic mass is 19.1. The largest absolute Gasteiger partial charge is 0.493 e. The summed E-state index contributed by atoms with van der Waals surface area (Å²) < 4.78 is 25.4. The Kier molecular flexibility index (Phi) is 15.5. The number of aryl methyl sites for hydroxylation is 1. The highest BCUT2D eigenvalue weighted by molar-refractivity contribution is 5.90. The van der Waals surface area contributed by atoms with Crippen LogP contribution in [0.4, 0.5) is 4.39 Å². The zero-order chi connectivity index (χ0) is 36.6. The smallest absolute Gasteiger partial charge is 0.328 e. The molecular weight excluding hydrogens is 655 g/mol. The van der Waals surface area contributed by atoms with E-state index in [-0.39, 0.29) is 0 Å². The molecule has 5 rings (SSSR count). The fourth-order valence-corrected chi connectivity index (χ4v) is 5.19. The number of carbonyl (C=O) groups is 4. The number of pyridine rings is 1. The molecule has 14 nitrogen and oxygen atoms in total. The van der Waals surface area contributed by atoms with Gasteiger partial charge in [0.15, 0.2) is 5.58 Å². The van der Waals surface area contributed by atoms with E-state index in [2.05, 4.69) is 46.2 Å². The number of fused-ring (bicyclic) bond motifs is 1. The molecule has 3 heterocycles. The molecule has 50 heavy (non-hydrogen) atoms. The maximum Gasteiger partial charge on any atom is 0.328 e. The number of ether oxygens (including phenoxy) is 1. The van der Waals surface area contributed by atoms with Crippen LogP contribution in [-0.2, 0) is 38.7 Å². The fourth-order valence-electron chi connectivity index (χ4n) is 5.19. The first-order valence-corrected chi connectivity index (χ1v) is 16.1. The van der Waals surface area contributed by atoms with E-state index in [9.17, 15) is 23.6 Å². The molecule has 1 aliphatic heterocycles. The SMILES string of the molecule is CN(C)Cc1c(OCC2CC2)ccc2c(CCC3CCN(Cc4cccc(F)n4)CC3)noc12.O=C(O)C=CC(=O)O.O=C(O)C=CC(=O)O. The van der Waals surface area contributed by atoms with E-state index in [1.165, 1.54) is 18.9 Å². The van der Waals surface area contributed by atoms with E-state index in [4.69, 9.17) is 29.7 Å². The van der Waals surface area contributed by atoms with Crippen LogP contribution in [0.15, 0.2) is 59.2 Å². The Morgan fingerprint density at radius 1 is 0.900 bits per heavy atom. The lowest BCUT2D eigenvalue weighted by molar-refractivity contribution is -0.134. The number of hydrogen-bond donors (Lipinski definition) is 4. The summed E-state index contributed by atoms with van der Waals surface area (Å²) in [6, 6.07) is 9.26. The Morgan fingerprint density at radius 2 is 1.50 bits per heavy atom. The third-order valence-corrected chi connectivity index (χ3v) is 7.81. The average molecular weight is 699 g/mol. The van der Waals surface area contributed by atoms with Crippen molar-refractivity contribution in [1.82, 2.24) is 19.9 Å². The molecule has 270 valence electrons. The predicted octanol–water partition coefficient (Wildman–Crippen LogP) is 4.48. The number of nitrogens with zero attached hydrogens (tertiary/aromatic N) is 4. The van der Waals surface area contributed by atoms with Crippen molar-refractivity contribution in [3.8, 4) is 5.75 Å². The summed E-state index contributed by atoms with van der Waals surface area (Å²) in [6.07, 6.45) is 9.11. The summed E-state index contributed by atoms with van der Waals surface area (Å²) in [5.74, 6) is -3.12. The van der Waals surface area contributed by atoms with E-state index in [0.717, 1.165) is 92.1 Å². The summed E-state index contributed by atoms with van der Waals surface area (Å²) in [5, 5.41) is 36.8. The van der Waals surface area contributed by atoms with Crippen molar-refractivity contribution in [2.45, 2.75) is 51.6 Å². The van der Waals surface area contributed by atoms with Gasteiger partial charge >= 0.3 is 23.9 Å². The summed E-state index contributed by atoms with van der Waals surface area (Å²) >= 11 is 0. The van der Waals surface area contributed by atoms with Gasteiger partial charge in [0.1, 0.15) is 5.75 Å². The van der Waals surface area contributed by atoms with Crippen molar-refractivity contribution in [2.24, 2.45) is 11.8 Å². The molecule has 0 bridgehead atoms. The number of likely N-dealkylation sites (tertiary alicyclic amines) is 1. The van der Waals surface area contributed by atoms with Crippen LogP contribution in [0.25, 0.3) is 11.0 Å². The molecule has 1 saturated carbocycles. The molecule has 3 aromatic rings. The summed E-state index contributed by atoms with van der Waals surface area (Å²) in [7, 11) is 4.13. The number of aliphatic carboxylic acids is 4. The summed E-state index contributed by atoms with van der Waals surface area (Å²) in [4.78, 5) is 46.7. The van der Waals surface area contributed by atoms with Crippen LogP contribution in [-0.4, -0.2) is 98.0 Å². The first-order chi connectivity index (χ1) is 23.8. The Balaban J connectivity index is 0.000000352. The Morgan fingerprint density at radius 3 is 2.02 bits per heavy atom. The van der Waals surface area contributed by atoms with Gasteiger partial charge in [0.25, 0.3) is 0 Å². The van der Waals surface area contributed by atoms with Gasteiger partial charge in [-0.05, 0) is 102 Å². The lowest BCUT2D eigenvalue weighted by Crippen LogP contribution is -2.33. The van der Waals surface area contributed by atoms with Gasteiger partial charge in [-0.25, -0.2) is 24.2 Å². The van der Waals surface area contributed by atoms with E-state index < -0.39 is 29.8 Å². The third kappa shape index (κ3) is 14.5. The van der Waals surface area contributed by atoms with Gasteiger partial charge in [-0.1, -0.05) is 11.2 Å². The molecule has 0 radical (unpaired) electrons. The topological polar surface area (TPSA) is 204 Å².